The monoisotopic (exact) mass is 252 g/mol. The van der Waals surface area contributed by atoms with Gasteiger partial charge in [0.05, 0.1) is 0 Å². The molecule has 2 saturated carbocycles. The molecule has 1 N–H and O–H groups in total. The van der Waals surface area contributed by atoms with Crippen molar-refractivity contribution in [2.24, 2.45) is 0 Å². The third-order valence-electron chi connectivity index (χ3n) is 2.03. The fraction of sp³-hybridized carbons (Fsp3) is 0. The molecule has 3 rings (SSSR count). The predicted molar refractivity (Wildman–Crippen MR) is 59.6 cm³/mol. The second-order valence-corrected chi connectivity index (χ2v) is 3.11. The van der Waals surface area contributed by atoms with E-state index in [1.165, 1.54) is 5.92 Å². The van der Waals surface area contributed by atoms with Crippen molar-refractivity contribution in [3.05, 3.63) is 81.7 Å². The Bertz CT molecular complexity index is 241. The minimum absolute atomic E-state index is 0. The SMILES string of the molecule is [CH]1[CH][CH][CH][CH]1.[CH]1[CH][CH][C](c2ccn[nH]2)[CH]1.[Fe]. The van der Waals surface area contributed by atoms with Crippen molar-refractivity contribution in [1.82, 2.24) is 10.2 Å². The topological polar surface area (TPSA) is 28.7 Å². The molecule has 0 aliphatic heterocycles. The summed E-state index contributed by atoms with van der Waals surface area (Å²) in [6.45, 7) is 0. The molecule has 2 aliphatic carbocycles. The second kappa shape index (κ2) is 7.91. The van der Waals surface area contributed by atoms with Gasteiger partial charge >= 0.3 is 0 Å². The van der Waals surface area contributed by atoms with Gasteiger partial charge < -0.3 is 0 Å². The Labute approximate surface area is 109 Å². The van der Waals surface area contributed by atoms with E-state index in [0.29, 0.717) is 0 Å². The molecule has 16 heavy (non-hydrogen) atoms. The number of rotatable bonds is 1. The van der Waals surface area contributed by atoms with Crippen LogP contribution in [0.2, 0.25) is 0 Å². The number of aromatic amines is 1. The number of nitrogens with zero attached hydrogens (tertiary/aromatic N) is 1. The van der Waals surface area contributed by atoms with Crippen molar-refractivity contribution in [1.29, 1.82) is 0 Å². The average Bonchev–Trinajstić information content (AvgIpc) is 3.06. The maximum absolute atomic E-state index is 3.85. The Hall–Kier alpha value is -0.271. The molecule has 1 aromatic heterocycles. The third-order valence-corrected chi connectivity index (χ3v) is 2.03. The van der Waals surface area contributed by atoms with Crippen LogP contribution in [0.15, 0.2) is 12.3 Å². The third kappa shape index (κ3) is 4.31. The molecule has 3 heteroatoms. The Balaban J connectivity index is 0.000000183. The number of aromatic nitrogens is 2. The quantitative estimate of drug-likeness (QED) is 0.762. The Morgan fingerprint density at radius 1 is 0.812 bits per heavy atom. The number of hydrogen-bond donors (Lipinski definition) is 1. The van der Waals surface area contributed by atoms with E-state index in [4.69, 9.17) is 0 Å². The van der Waals surface area contributed by atoms with Crippen LogP contribution in [0.25, 0.3) is 0 Å². The van der Waals surface area contributed by atoms with Crippen molar-refractivity contribution in [3.8, 4) is 0 Å². The van der Waals surface area contributed by atoms with Gasteiger partial charge in [-0.25, -0.2) is 0 Å². The van der Waals surface area contributed by atoms with Crippen LogP contribution in [-0.2, 0) is 17.1 Å². The zero-order chi connectivity index (χ0) is 10.3. The number of hydrogen-bond acceptors (Lipinski definition) is 1. The van der Waals surface area contributed by atoms with Crippen molar-refractivity contribution < 1.29 is 17.1 Å². The molecule has 10 radical (unpaired) electrons. The van der Waals surface area contributed by atoms with Crippen LogP contribution in [0.3, 0.4) is 0 Å². The van der Waals surface area contributed by atoms with Gasteiger partial charge in [0.15, 0.2) is 0 Å². The van der Waals surface area contributed by atoms with E-state index in [-0.39, 0.29) is 17.1 Å². The van der Waals surface area contributed by atoms with E-state index in [9.17, 15) is 0 Å². The smallest absolute Gasteiger partial charge is 0.0490 e. The first-order valence-corrected chi connectivity index (χ1v) is 4.85. The molecule has 1 aromatic rings. The molecule has 1 heterocycles. The van der Waals surface area contributed by atoms with Gasteiger partial charge in [-0.3, -0.25) is 5.10 Å². The summed E-state index contributed by atoms with van der Waals surface area (Å²) in [4.78, 5) is 0. The van der Waals surface area contributed by atoms with E-state index in [1.807, 2.05) is 63.9 Å². The van der Waals surface area contributed by atoms with Gasteiger partial charge in [-0.15, -0.1) is 0 Å². The van der Waals surface area contributed by atoms with E-state index < -0.39 is 0 Å². The first-order chi connectivity index (χ1) is 7.47. The molecule has 0 amide bonds. The average molecular weight is 252 g/mol. The van der Waals surface area contributed by atoms with E-state index in [2.05, 4.69) is 10.2 Å². The van der Waals surface area contributed by atoms with Crippen molar-refractivity contribution in [3.63, 3.8) is 0 Å². The molecular weight excluding hydrogens is 240 g/mol. The van der Waals surface area contributed by atoms with Crippen LogP contribution >= 0.6 is 0 Å². The first kappa shape index (κ1) is 13.8. The van der Waals surface area contributed by atoms with Crippen LogP contribution in [0, 0.1) is 63.7 Å². The largest absolute Gasteiger partial charge is 0.282 e. The van der Waals surface area contributed by atoms with Gasteiger partial charge in [-0.1, -0.05) is 0 Å². The predicted octanol–water partition coefficient (Wildman–Crippen LogP) is 2.18. The number of nitrogens with one attached hydrogen (secondary N) is 1. The minimum Gasteiger partial charge on any atom is -0.282 e. The summed E-state index contributed by atoms with van der Waals surface area (Å²) in [6.07, 6.45) is 19.9. The zero-order valence-electron chi connectivity index (χ0n) is 8.65. The molecule has 0 aromatic carbocycles. The molecule has 2 fully saturated rings. The molecule has 0 bridgehead atoms. The summed E-state index contributed by atoms with van der Waals surface area (Å²) >= 11 is 0. The van der Waals surface area contributed by atoms with Crippen LogP contribution in [0.5, 0.6) is 0 Å². The molecule has 0 unspecified atom stereocenters. The van der Waals surface area contributed by atoms with Gasteiger partial charge in [0.25, 0.3) is 0 Å². The fourth-order valence-corrected chi connectivity index (χ4v) is 1.29. The van der Waals surface area contributed by atoms with Gasteiger partial charge in [-0.2, -0.15) is 5.10 Å². The van der Waals surface area contributed by atoms with Crippen molar-refractivity contribution in [2.45, 2.75) is 0 Å². The standard InChI is InChI=1S/C8H7N2.C5H5.Fe/c1-2-4-7(3-1)8-5-6-9-10-8;1-2-4-5-3-1;/h1-6H,(H,9,10);1-5H;. The Morgan fingerprint density at radius 2 is 1.38 bits per heavy atom. The van der Waals surface area contributed by atoms with Crippen LogP contribution in [0.4, 0.5) is 0 Å². The summed E-state index contributed by atoms with van der Waals surface area (Å²) in [5.41, 5.74) is 1.07. The Kier molecular flexibility index (Phi) is 6.82. The van der Waals surface area contributed by atoms with E-state index >= 15 is 0 Å². The van der Waals surface area contributed by atoms with Gasteiger partial charge in [0.2, 0.25) is 0 Å². The van der Waals surface area contributed by atoms with Crippen LogP contribution in [0.1, 0.15) is 5.69 Å². The van der Waals surface area contributed by atoms with E-state index in [1.54, 1.807) is 6.20 Å². The van der Waals surface area contributed by atoms with Gasteiger partial charge in [-0.05, 0) is 63.9 Å². The maximum Gasteiger partial charge on any atom is 0.0490 e. The maximum atomic E-state index is 3.85. The van der Waals surface area contributed by atoms with Gasteiger partial charge in [0, 0.05) is 34.9 Å². The van der Waals surface area contributed by atoms with Crippen molar-refractivity contribution in [2.75, 3.05) is 0 Å². The zero-order valence-corrected chi connectivity index (χ0v) is 9.76. The van der Waals surface area contributed by atoms with Crippen molar-refractivity contribution >= 4 is 0 Å². The molecule has 0 atom stereocenters. The molecule has 0 saturated heterocycles. The molecular formula is C13H12FeN2. The molecule has 2 aliphatic rings. The second-order valence-electron chi connectivity index (χ2n) is 3.11. The molecule has 0 spiro atoms. The van der Waals surface area contributed by atoms with Crippen LogP contribution < -0.4 is 0 Å². The fourth-order valence-electron chi connectivity index (χ4n) is 1.29. The summed E-state index contributed by atoms with van der Waals surface area (Å²) < 4.78 is 0. The molecule has 2 nitrogen and oxygen atoms in total. The Morgan fingerprint density at radius 3 is 1.81 bits per heavy atom. The summed E-state index contributed by atoms with van der Waals surface area (Å²) in [5, 5.41) is 6.74. The van der Waals surface area contributed by atoms with Crippen LogP contribution in [-0.4, -0.2) is 10.2 Å². The summed E-state index contributed by atoms with van der Waals surface area (Å²) in [6, 6.07) is 1.95. The van der Waals surface area contributed by atoms with E-state index in [0.717, 1.165) is 5.69 Å². The summed E-state index contributed by atoms with van der Waals surface area (Å²) in [5.74, 6) is 1.19. The van der Waals surface area contributed by atoms with Gasteiger partial charge in [0.1, 0.15) is 0 Å². The normalized spacial score (nSPS) is 20.0. The summed E-state index contributed by atoms with van der Waals surface area (Å²) in [7, 11) is 0. The number of H-pyrrole nitrogens is 1. The minimum atomic E-state index is 0. The molecule has 82 valence electrons. The first-order valence-electron chi connectivity index (χ1n) is 4.85.